The predicted molar refractivity (Wildman–Crippen MR) is 38.9 cm³/mol. The molecule has 0 radical (unpaired) electrons. The van der Waals surface area contributed by atoms with E-state index in [0.717, 1.165) is 12.8 Å². The zero-order valence-electron chi connectivity index (χ0n) is 5.62. The van der Waals surface area contributed by atoms with E-state index < -0.39 is 0 Å². The molecule has 2 unspecified atom stereocenters. The summed E-state index contributed by atoms with van der Waals surface area (Å²) >= 11 is 5.75. The molecule has 0 bridgehead atoms. The number of rotatable bonds is 1. The lowest BCUT2D eigenvalue weighted by atomic mass is 9.96. The van der Waals surface area contributed by atoms with Crippen LogP contribution in [0.15, 0.2) is 0 Å². The minimum atomic E-state index is -0.378. The van der Waals surface area contributed by atoms with Gasteiger partial charge in [0.25, 0.3) is 0 Å². The Labute approximate surface area is 64.5 Å². The van der Waals surface area contributed by atoms with Gasteiger partial charge in [-0.2, -0.15) is 0 Å². The first-order chi connectivity index (χ1) is 4.70. The highest BCUT2D eigenvalue weighted by atomic mass is 35.5. The van der Waals surface area contributed by atoms with Crippen molar-refractivity contribution in [2.45, 2.75) is 37.1 Å². The number of nitro groups is 1. The molecular formula is C6H10ClNO2. The zero-order chi connectivity index (χ0) is 7.56. The van der Waals surface area contributed by atoms with Crippen LogP contribution in [0.2, 0.25) is 0 Å². The Morgan fingerprint density at radius 1 is 1.50 bits per heavy atom. The first kappa shape index (κ1) is 7.79. The second-order valence-electron chi connectivity index (χ2n) is 2.70. The fourth-order valence-corrected chi connectivity index (χ4v) is 1.66. The van der Waals surface area contributed by atoms with Crippen molar-refractivity contribution in [2.24, 2.45) is 0 Å². The van der Waals surface area contributed by atoms with E-state index in [1.807, 2.05) is 0 Å². The summed E-state index contributed by atoms with van der Waals surface area (Å²) in [6.07, 6.45) is 3.09. The second kappa shape index (κ2) is 3.19. The molecule has 0 N–H and O–H groups in total. The maximum atomic E-state index is 10.2. The monoisotopic (exact) mass is 163 g/mol. The molecule has 58 valence electrons. The van der Waals surface area contributed by atoms with Gasteiger partial charge in [-0.3, -0.25) is 10.1 Å². The fraction of sp³-hybridized carbons (Fsp3) is 1.00. The van der Waals surface area contributed by atoms with Gasteiger partial charge in [-0.15, -0.1) is 11.6 Å². The number of halogens is 1. The molecule has 1 fully saturated rings. The van der Waals surface area contributed by atoms with Gasteiger partial charge in [0.15, 0.2) is 0 Å². The van der Waals surface area contributed by atoms with Gasteiger partial charge in [-0.25, -0.2) is 0 Å². The minimum Gasteiger partial charge on any atom is -0.264 e. The van der Waals surface area contributed by atoms with Crippen molar-refractivity contribution in [1.29, 1.82) is 0 Å². The molecule has 10 heavy (non-hydrogen) atoms. The molecule has 0 aromatic heterocycles. The Hall–Kier alpha value is -0.310. The molecular weight excluding hydrogens is 154 g/mol. The van der Waals surface area contributed by atoms with Gasteiger partial charge < -0.3 is 0 Å². The predicted octanol–water partition coefficient (Wildman–Crippen LogP) is 1.81. The van der Waals surface area contributed by atoms with Gasteiger partial charge in [0.05, 0.1) is 0 Å². The average molecular weight is 164 g/mol. The van der Waals surface area contributed by atoms with E-state index in [9.17, 15) is 10.1 Å². The Morgan fingerprint density at radius 3 is 2.60 bits per heavy atom. The van der Waals surface area contributed by atoms with Crippen LogP contribution in [0, 0.1) is 10.1 Å². The van der Waals surface area contributed by atoms with E-state index >= 15 is 0 Å². The third-order valence-corrected chi connectivity index (χ3v) is 2.28. The molecule has 0 saturated heterocycles. The normalized spacial score (nSPS) is 33.7. The SMILES string of the molecule is O=[N+]([O-])C1CCCC(Cl)C1. The molecule has 1 rings (SSSR count). The van der Waals surface area contributed by atoms with Crippen molar-refractivity contribution in [3.63, 3.8) is 0 Å². The van der Waals surface area contributed by atoms with Gasteiger partial charge in [-0.05, 0) is 12.8 Å². The summed E-state index contributed by atoms with van der Waals surface area (Å²) in [6, 6.07) is -0.378. The first-order valence-electron chi connectivity index (χ1n) is 3.47. The Balaban J connectivity index is 2.39. The molecule has 1 aliphatic rings. The number of alkyl halides is 1. The third-order valence-electron chi connectivity index (χ3n) is 1.88. The Bertz CT molecular complexity index is 140. The molecule has 0 aromatic carbocycles. The van der Waals surface area contributed by atoms with Crippen LogP contribution in [0.5, 0.6) is 0 Å². The third kappa shape index (κ3) is 1.84. The van der Waals surface area contributed by atoms with Crippen LogP contribution in [0.1, 0.15) is 25.7 Å². The number of nitrogens with zero attached hydrogens (tertiary/aromatic N) is 1. The summed E-state index contributed by atoms with van der Waals surface area (Å²) in [5, 5.41) is 10.3. The van der Waals surface area contributed by atoms with Crippen LogP contribution < -0.4 is 0 Å². The van der Waals surface area contributed by atoms with Gasteiger partial charge in [0.2, 0.25) is 6.04 Å². The quantitative estimate of drug-likeness (QED) is 0.336. The van der Waals surface area contributed by atoms with E-state index in [1.165, 1.54) is 0 Å². The number of hydrogen-bond donors (Lipinski definition) is 0. The highest BCUT2D eigenvalue weighted by Crippen LogP contribution is 2.24. The zero-order valence-corrected chi connectivity index (χ0v) is 6.38. The topological polar surface area (TPSA) is 43.1 Å². The standard InChI is InChI=1S/C6H10ClNO2/c7-5-2-1-3-6(4-5)8(9)10/h5-6H,1-4H2. The Kier molecular flexibility index (Phi) is 2.49. The summed E-state index contributed by atoms with van der Waals surface area (Å²) in [5.74, 6) is 0. The number of hydrogen-bond acceptors (Lipinski definition) is 2. The molecule has 0 aromatic rings. The lowest BCUT2D eigenvalue weighted by Gasteiger charge is -2.18. The van der Waals surface area contributed by atoms with Crippen LogP contribution in [0.4, 0.5) is 0 Å². The minimum absolute atomic E-state index is 0.0316. The molecule has 0 spiro atoms. The van der Waals surface area contributed by atoms with E-state index in [2.05, 4.69) is 0 Å². The van der Waals surface area contributed by atoms with Crippen LogP contribution in [-0.4, -0.2) is 16.3 Å². The van der Waals surface area contributed by atoms with Crippen LogP contribution in [0.3, 0.4) is 0 Å². The van der Waals surface area contributed by atoms with Gasteiger partial charge in [-0.1, -0.05) is 0 Å². The van der Waals surface area contributed by atoms with E-state index in [1.54, 1.807) is 0 Å². The summed E-state index contributed by atoms with van der Waals surface area (Å²) in [7, 11) is 0. The molecule has 1 saturated carbocycles. The summed E-state index contributed by atoms with van der Waals surface area (Å²) in [4.78, 5) is 10.0. The molecule has 4 heteroatoms. The van der Waals surface area contributed by atoms with Gasteiger partial charge in [0, 0.05) is 23.1 Å². The van der Waals surface area contributed by atoms with Crippen molar-refractivity contribution >= 4 is 11.6 Å². The first-order valence-corrected chi connectivity index (χ1v) is 3.91. The van der Waals surface area contributed by atoms with E-state index in [4.69, 9.17) is 11.6 Å². The van der Waals surface area contributed by atoms with Crippen molar-refractivity contribution in [3.05, 3.63) is 10.1 Å². The van der Waals surface area contributed by atoms with Crippen LogP contribution in [0.25, 0.3) is 0 Å². The molecule has 2 atom stereocenters. The fourth-order valence-electron chi connectivity index (χ4n) is 1.30. The second-order valence-corrected chi connectivity index (χ2v) is 3.32. The maximum absolute atomic E-state index is 10.2. The molecule has 0 aliphatic heterocycles. The van der Waals surface area contributed by atoms with Crippen molar-refractivity contribution in [1.82, 2.24) is 0 Å². The lowest BCUT2D eigenvalue weighted by molar-refractivity contribution is -0.526. The summed E-state index contributed by atoms with van der Waals surface area (Å²) in [5.41, 5.74) is 0. The van der Waals surface area contributed by atoms with Crippen molar-refractivity contribution < 1.29 is 4.92 Å². The smallest absolute Gasteiger partial charge is 0.214 e. The van der Waals surface area contributed by atoms with Gasteiger partial charge >= 0.3 is 0 Å². The van der Waals surface area contributed by atoms with Crippen LogP contribution in [-0.2, 0) is 0 Å². The summed E-state index contributed by atoms with van der Waals surface area (Å²) < 4.78 is 0. The molecule has 0 amide bonds. The lowest BCUT2D eigenvalue weighted by Crippen LogP contribution is -2.27. The van der Waals surface area contributed by atoms with E-state index in [-0.39, 0.29) is 16.3 Å². The highest BCUT2D eigenvalue weighted by molar-refractivity contribution is 6.20. The average Bonchev–Trinajstić information content (AvgIpc) is 1.88. The van der Waals surface area contributed by atoms with Crippen LogP contribution >= 0.6 is 11.6 Å². The van der Waals surface area contributed by atoms with E-state index in [0.29, 0.717) is 12.8 Å². The van der Waals surface area contributed by atoms with Crippen molar-refractivity contribution in [3.8, 4) is 0 Å². The largest absolute Gasteiger partial charge is 0.264 e. The maximum Gasteiger partial charge on any atom is 0.214 e. The highest BCUT2D eigenvalue weighted by Gasteiger charge is 2.27. The molecule has 1 aliphatic carbocycles. The molecule has 3 nitrogen and oxygen atoms in total. The Morgan fingerprint density at radius 2 is 2.20 bits per heavy atom. The van der Waals surface area contributed by atoms with Crippen molar-refractivity contribution in [2.75, 3.05) is 0 Å². The van der Waals surface area contributed by atoms with Gasteiger partial charge in [0.1, 0.15) is 0 Å². The molecule has 0 heterocycles. The summed E-state index contributed by atoms with van der Waals surface area (Å²) in [6.45, 7) is 0.